The topological polar surface area (TPSA) is 40.1 Å². The van der Waals surface area contributed by atoms with Crippen LogP contribution >= 0.6 is 0 Å². The molecule has 1 aliphatic rings. The molecule has 0 aromatic heterocycles. The van der Waals surface area contributed by atoms with Crippen molar-refractivity contribution in [3.05, 3.63) is 72.1 Å². The number of nitrogens with zero attached hydrogens (tertiary/aromatic N) is 3. The molecule has 0 spiro atoms. The number of anilines is 1. The Morgan fingerprint density at radius 3 is 2.54 bits per heavy atom. The number of aliphatic imine (C=N–C) groups is 1. The lowest BCUT2D eigenvalue weighted by molar-refractivity contribution is 0.270. The van der Waals surface area contributed by atoms with Crippen LogP contribution in [0.5, 0.6) is 5.75 Å². The van der Waals surface area contributed by atoms with Crippen LogP contribution < -0.4 is 15.0 Å². The fourth-order valence-corrected chi connectivity index (χ4v) is 3.04. The number of likely N-dealkylation sites (N-methyl/N-ethyl adjacent to an activating group) is 1. The van der Waals surface area contributed by atoms with E-state index in [2.05, 4.69) is 51.6 Å². The van der Waals surface area contributed by atoms with Crippen molar-refractivity contribution in [2.24, 2.45) is 4.99 Å². The van der Waals surface area contributed by atoms with Crippen LogP contribution in [-0.4, -0.2) is 51.2 Å². The van der Waals surface area contributed by atoms with Crippen LogP contribution in [0.4, 0.5) is 10.1 Å². The second-order valence-corrected chi connectivity index (χ2v) is 6.64. The van der Waals surface area contributed by atoms with E-state index in [4.69, 9.17) is 4.74 Å². The molecule has 0 amide bonds. The number of hydrogen-bond acceptors (Lipinski definition) is 3. The number of ether oxygens (including phenoxy) is 1. The van der Waals surface area contributed by atoms with Gasteiger partial charge in [0.1, 0.15) is 6.61 Å². The van der Waals surface area contributed by atoms with E-state index in [0.717, 1.165) is 19.0 Å². The normalized spacial score (nSPS) is 13.7. The Labute approximate surface area is 166 Å². The Balaban J connectivity index is 1.45. The summed E-state index contributed by atoms with van der Waals surface area (Å²) < 4.78 is 19.1. The molecule has 5 nitrogen and oxygen atoms in total. The first-order valence-corrected chi connectivity index (χ1v) is 9.45. The summed E-state index contributed by atoms with van der Waals surface area (Å²) in [6.07, 6.45) is 4.37. The number of rotatable bonds is 7. The molecular weight excluding hydrogens is 355 g/mol. The summed E-state index contributed by atoms with van der Waals surface area (Å²) in [6.45, 7) is 3.60. The standard InChI is InChI=1S/C22H27FN4O/c1-24-22(26(2)15-16-28-21-8-4-3-7-20(21)23)25-17-18-9-11-19(12-10-18)27-13-5-6-14-27/h3-12H,13-17H2,1-2H3,(H,24,25). The largest absolute Gasteiger partial charge is 0.489 e. The average Bonchev–Trinajstić information content (AvgIpc) is 3.25. The van der Waals surface area contributed by atoms with Crippen molar-refractivity contribution in [3.8, 4) is 5.75 Å². The van der Waals surface area contributed by atoms with Crippen LogP contribution in [-0.2, 0) is 6.54 Å². The maximum absolute atomic E-state index is 13.6. The highest BCUT2D eigenvalue weighted by Gasteiger charge is 2.09. The molecule has 2 aromatic carbocycles. The molecule has 0 unspecified atom stereocenters. The minimum Gasteiger partial charge on any atom is -0.489 e. The van der Waals surface area contributed by atoms with Gasteiger partial charge < -0.3 is 19.9 Å². The average molecular weight is 382 g/mol. The summed E-state index contributed by atoms with van der Waals surface area (Å²) in [4.78, 5) is 8.59. The molecular formula is C22H27FN4O. The highest BCUT2D eigenvalue weighted by molar-refractivity contribution is 5.79. The van der Waals surface area contributed by atoms with Crippen molar-refractivity contribution >= 4 is 11.6 Å². The molecule has 0 radical (unpaired) electrons. The van der Waals surface area contributed by atoms with Crippen molar-refractivity contribution in [2.75, 3.05) is 45.2 Å². The molecule has 0 bridgehead atoms. The number of guanidine groups is 1. The van der Waals surface area contributed by atoms with E-state index >= 15 is 0 Å². The predicted octanol–water partition coefficient (Wildman–Crippen LogP) is 3.29. The summed E-state index contributed by atoms with van der Waals surface area (Å²) in [7, 11) is 3.68. The molecule has 1 heterocycles. The van der Waals surface area contributed by atoms with Gasteiger partial charge in [0.2, 0.25) is 0 Å². The Bertz CT molecular complexity index is 812. The molecule has 0 saturated heterocycles. The number of nitrogens with one attached hydrogen (secondary N) is 1. The summed E-state index contributed by atoms with van der Waals surface area (Å²) in [5, 5.41) is 3.35. The second kappa shape index (κ2) is 9.78. The Morgan fingerprint density at radius 2 is 1.86 bits per heavy atom. The highest BCUT2D eigenvalue weighted by Crippen LogP contribution is 2.17. The van der Waals surface area contributed by atoms with Gasteiger partial charge in [-0.3, -0.25) is 4.99 Å². The van der Waals surface area contributed by atoms with Crippen LogP contribution in [0.15, 0.2) is 65.7 Å². The van der Waals surface area contributed by atoms with Crippen molar-refractivity contribution in [1.82, 2.24) is 10.2 Å². The lowest BCUT2D eigenvalue weighted by atomic mass is 10.2. The summed E-state index contributed by atoms with van der Waals surface area (Å²) in [6, 6.07) is 15.0. The van der Waals surface area contributed by atoms with Crippen LogP contribution in [0, 0.1) is 5.82 Å². The van der Waals surface area contributed by atoms with Crippen molar-refractivity contribution in [3.63, 3.8) is 0 Å². The smallest absolute Gasteiger partial charge is 0.193 e. The third kappa shape index (κ3) is 5.25. The van der Waals surface area contributed by atoms with E-state index in [0.29, 0.717) is 19.7 Å². The Morgan fingerprint density at radius 1 is 1.14 bits per heavy atom. The Hall–Kier alpha value is -3.02. The molecule has 0 saturated carbocycles. The SMILES string of the molecule is CN=C(NCc1ccc(N2CC=CC2)cc1)N(C)CCOc1ccccc1F. The summed E-state index contributed by atoms with van der Waals surface area (Å²) in [5.74, 6) is 0.693. The van der Waals surface area contributed by atoms with Gasteiger partial charge in [-0.15, -0.1) is 0 Å². The predicted molar refractivity (Wildman–Crippen MR) is 113 cm³/mol. The van der Waals surface area contributed by atoms with Gasteiger partial charge in [-0.05, 0) is 29.8 Å². The second-order valence-electron chi connectivity index (χ2n) is 6.64. The quantitative estimate of drug-likeness (QED) is 0.453. The molecule has 0 aliphatic carbocycles. The fourth-order valence-electron chi connectivity index (χ4n) is 3.04. The zero-order valence-corrected chi connectivity index (χ0v) is 16.4. The van der Waals surface area contributed by atoms with Gasteiger partial charge in [0.25, 0.3) is 0 Å². The van der Waals surface area contributed by atoms with Crippen LogP contribution in [0.3, 0.4) is 0 Å². The number of halogens is 1. The van der Waals surface area contributed by atoms with Gasteiger partial charge >= 0.3 is 0 Å². The minimum absolute atomic E-state index is 0.270. The molecule has 1 N–H and O–H groups in total. The maximum atomic E-state index is 13.6. The molecule has 3 rings (SSSR count). The number of para-hydroxylation sites is 1. The molecule has 0 atom stereocenters. The molecule has 148 valence electrons. The van der Waals surface area contributed by atoms with E-state index in [9.17, 15) is 4.39 Å². The van der Waals surface area contributed by atoms with E-state index in [1.54, 1.807) is 25.2 Å². The van der Waals surface area contributed by atoms with Crippen molar-refractivity contribution in [2.45, 2.75) is 6.54 Å². The van der Waals surface area contributed by atoms with Crippen molar-refractivity contribution in [1.29, 1.82) is 0 Å². The first kappa shape index (κ1) is 19.7. The lowest BCUT2D eigenvalue weighted by Crippen LogP contribution is -2.40. The van der Waals surface area contributed by atoms with E-state index in [-0.39, 0.29) is 11.6 Å². The molecule has 2 aromatic rings. The zero-order chi connectivity index (χ0) is 19.8. The first-order chi connectivity index (χ1) is 13.7. The van der Waals surface area contributed by atoms with E-state index in [1.165, 1.54) is 17.3 Å². The van der Waals surface area contributed by atoms with Crippen LogP contribution in [0.2, 0.25) is 0 Å². The number of hydrogen-bond donors (Lipinski definition) is 1. The van der Waals surface area contributed by atoms with E-state index in [1.807, 2.05) is 11.9 Å². The van der Waals surface area contributed by atoms with Crippen LogP contribution in [0.1, 0.15) is 5.56 Å². The number of benzene rings is 2. The van der Waals surface area contributed by atoms with Gasteiger partial charge in [0.15, 0.2) is 17.5 Å². The van der Waals surface area contributed by atoms with Gasteiger partial charge in [0.05, 0.1) is 6.54 Å². The third-order valence-electron chi connectivity index (χ3n) is 4.66. The first-order valence-electron chi connectivity index (χ1n) is 9.45. The lowest BCUT2D eigenvalue weighted by Gasteiger charge is -2.22. The molecule has 1 aliphatic heterocycles. The van der Waals surface area contributed by atoms with Gasteiger partial charge in [-0.2, -0.15) is 0 Å². The minimum atomic E-state index is -0.346. The third-order valence-corrected chi connectivity index (χ3v) is 4.66. The fraction of sp³-hybridized carbons (Fsp3) is 0.318. The highest BCUT2D eigenvalue weighted by atomic mass is 19.1. The maximum Gasteiger partial charge on any atom is 0.193 e. The van der Waals surface area contributed by atoms with Gasteiger partial charge in [-0.25, -0.2) is 4.39 Å². The Kier molecular flexibility index (Phi) is 6.89. The summed E-state index contributed by atoms with van der Waals surface area (Å²) >= 11 is 0. The zero-order valence-electron chi connectivity index (χ0n) is 16.4. The monoisotopic (exact) mass is 382 g/mol. The van der Waals surface area contributed by atoms with Crippen molar-refractivity contribution < 1.29 is 9.13 Å². The molecule has 0 fully saturated rings. The van der Waals surface area contributed by atoms with Gasteiger partial charge in [-0.1, -0.05) is 36.4 Å². The van der Waals surface area contributed by atoms with Crippen LogP contribution in [0.25, 0.3) is 0 Å². The molecule has 28 heavy (non-hydrogen) atoms. The van der Waals surface area contributed by atoms with E-state index < -0.39 is 0 Å². The molecule has 6 heteroatoms. The summed E-state index contributed by atoms with van der Waals surface area (Å²) in [5.41, 5.74) is 2.42. The van der Waals surface area contributed by atoms with Gasteiger partial charge in [0, 0.05) is 39.4 Å².